The van der Waals surface area contributed by atoms with E-state index in [1.54, 1.807) is 24.3 Å². The summed E-state index contributed by atoms with van der Waals surface area (Å²) in [5.74, 6) is 0.206. The van der Waals surface area contributed by atoms with Crippen molar-refractivity contribution in [3.8, 4) is 5.75 Å². The molecule has 1 N–H and O–H groups in total. The highest BCUT2D eigenvalue weighted by Gasteiger charge is 2.20. The number of ether oxygens (including phenoxy) is 1. The summed E-state index contributed by atoms with van der Waals surface area (Å²) >= 11 is 0. The molecule has 4 nitrogen and oxygen atoms in total. The lowest BCUT2D eigenvalue weighted by molar-refractivity contribution is 0.0731. The Bertz CT molecular complexity index is 684. The van der Waals surface area contributed by atoms with Crippen LogP contribution in [0.1, 0.15) is 15.9 Å². The largest absolute Gasteiger partial charge is 0.488 e. The van der Waals surface area contributed by atoms with E-state index in [0.29, 0.717) is 24.4 Å². The van der Waals surface area contributed by atoms with E-state index in [4.69, 9.17) is 4.74 Å². The first kappa shape index (κ1) is 15.5. The van der Waals surface area contributed by atoms with Gasteiger partial charge in [0.15, 0.2) is 0 Å². The lowest BCUT2D eigenvalue weighted by Crippen LogP contribution is -2.46. The molecule has 1 amide bonds. The van der Waals surface area contributed by atoms with Gasteiger partial charge in [-0.3, -0.25) is 4.79 Å². The molecule has 1 fully saturated rings. The maximum Gasteiger partial charge on any atom is 0.257 e. The van der Waals surface area contributed by atoms with E-state index in [1.807, 2.05) is 17.0 Å². The monoisotopic (exact) mass is 314 g/mol. The highest BCUT2D eigenvalue weighted by atomic mass is 19.1. The Morgan fingerprint density at radius 3 is 2.70 bits per heavy atom. The predicted octanol–water partition coefficient (Wildman–Crippen LogP) is 2.45. The summed E-state index contributed by atoms with van der Waals surface area (Å²) in [6.07, 6.45) is 0. The molecule has 5 heteroatoms. The first-order chi connectivity index (χ1) is 11.2. The molecule has 1 saturated heterocycles. The van der Waals surface area contributed by atoms with Gasteiger partial charge in [0.05, 0.1) is 5.56 Å². The van der Waals surface area contributed by atoms with Crippen molar-refractivity contribution in [2.75, 3.05) is 26.2 Å². The van der Waals surface area contributed by atoms with E-state index in [9.17, 15) is 9.18 Å². The van der Waals surface area contributed by atoms with Crippen LogP contribution in [0.3, 0.4) is 0 Å². The molecule has 1 aliphatic rings. The second-order valence-corrected chi connectivity index (χ2v) is 5.46. The van der Waals surface area contributed by atoms with Crippen molar-refractivity contribution in [2.45, 2.75) is 6.61 Å². The van der Waals surface area contributed by atoms with Gasteiger partial charge in [-0.1, -0.05) is 24.3 Å². The van der Waals surface area contributed by atoms with E-state index in [2.05, 4.69) is 5.32 Å². The quantitative estimate of drug-likeness (QED) is 0.942. The molecule has 3 rings (SSSR count). The van der Waals surface area contributed by atoms with Crippen LogP contribution in [-0.4, -0.2) is 37.0 Å². The van der Waals surface area contributed by atoms with E-state index in [-0.39, 0.29) is 18.3 Å². The summed E-state index contributed by atoms with van der Waals surface area (Å²) in [6, 6.07) is 13.5. The van der Waals surface area contributed by atoms with Gasteiger partial charge >= 0.3 is 0 Å². The molecule has 0 aliphatic carbocycles. The zero-order valence-corrected chi connectivity index (χ0v) is 12.8. The number of benzene rings is 2. The standard InChI is InChI=1S/C18H19FN2O2/c19-15-5-3-4-14(12-15)13-23-17-7-2-1-6-16(17)18(22)21-10-8-20-9-11-21/h1-7,12,20H,8-11,13H2. The molecular formula is C18H19FN2O2. The predicted molar refractivity (Wildman–Crippen MR) is 85.9 cm³/mol. The van der Waals surface area contributed by atoms with Crippen LogP contribution < -0.4 is 10.1 Å². The van der Waals surface area contributed by atoms with Crippen LogP contribution in [0.15, 0.2) is 48.5 Å². The number of amides is 1. The summed E-state index contributed by atoms with van der Waals surface area (Å²) in [7, 11) is 0. The highest BCUT2D eigenvalue weighted by Crippen LogP contribution is 2.21. The van der Waals surface area contributed by atoms with Gasteiger partial charge in [-0.2, -0.15) is 0 Å². The summed E-state index contributed by atoms with van der Waals surface area (Å²) in [5, 5.41) is 3.23. The maximum absolute atomic E-state index is 13.2. The number of carbonyl (C=O) groups excluding carboxylic acids is 1. The van der Waals surface area contributed by atoms with Crippen molar-refractivity contribution in [1.29, 1.82) is 0 Å². The van der Waals surface area contributed by atoms with Crippen LogP contribution in [0.25, 0.3) is 0 Å². The van der Waals surface area contributed by atoms with Crippen LogP contribution in [-0.2, 0) is 6.61 Å². The summed E-state index contributed by atoms with van der Waals surface area (Å²) < 4.78 is 19.0. The number of rotatable bonds is 4. The molecule has 1 heterocycles. The van der Waals surface area contributed by atoms with Crippen LogP contribution in [0.5, 0.6) is 5.75 Å². The van der Waals surface area contributed by atoms with Crippen LogP contribution in [0, 0.1) is 5.82 Å². The molecule has 0 bridgehead atoms. The number of hydrogen-bond acceptors (Lipinski definition) is 3. The molecule has 0 unspecified atom stereocenters. The average molecular weight is 314 g/mol. The normalized spacial score (nSPS) is 14.6. The Morgan fingerprint density at radius 2 is 1.91 bits per heavy atom. The number of halogens is 1. The van der Waals surface area contributed by atoms with Gasteiger partial charge in [-0.25, -0.2) is 4.39 Å². The molecule has 0 radical (unpaired) electrons. The second kappa shape index (κ2) is 7.24. The Labute approximate surface area is 134 Å². The van der Waals surface area contributed by atoms with Crippen molar-refractivity contribution in [3.05, 3.63) is 65.5 Å². The van der Waals surface area contributed by atoms with Gasteiger partial charge in [0.25, 0.3) is 5.91 Å². The lowest BCUT2D eigenvalue weighted by Gasteiger charge is -2.28. The third-order valence-electron chi connectivity index (χ3n) is 3.81. The van der Waals surface area contributed by atoms with Gasteiger partial charge in [-0.05, 0) is 29.8 Å². The summed E-state index contributed by atoms with van der Waals surface area (Å²) in [4.78, 5) is 14.5. The minimum absolute atomic E-state index is 0.0265. The van der Waals surface area contributed by atoms with Gasteiger partial charge < -0.3 is 15.0 Å². The van der Waals surface area contributed by atoms with E-state index in [0.717, 1.165) is 18.7 Å². The zero-order chi connectivity index (χ0) is 16.1. The molecule has 0 aromatic heterocycles. The lowest BCUT2D eigenvalue weighted by atomic mass is 10.1. The van der Waals surface area contributed by atoms with Gasteiger partial charge in [0.1, 0.15) is 18.2 Å². The molecule has 2 aromatic rings. The molecule has 0 saturated carbocycles. The Morgan fingerprint density at radius 1 is 1.13 bits per heavy atom. The number of nitrogens with one attached hydrogen (secondary N) is 1. The first-order valence-corrected chi connectivity index (χ1v) is 7.70. The third-order valence-corrected chi connectivity index (χ3v) is 3.81. The van der Waals surface area contributed by atoms with Gasteiger partial charge in [-0.15, -0.1) is 0 Å². The molecule has 1 aliphatic heterocycles. The van der Waals surface area contributed by atoms with E-state index >= 15 is 0 Å². The maximum atomic E-state index is 13.2. The zero-order valence-electron chi connectivity index (χ0n) is 12.8. The fourth-order valence-corrected chi connectivity index (χ4v) is 2.60. The third kappa shape index (κ3) is 3.87. The Balaban J connectivity index is 1.73. The van der Waals surface area contributed by atoms with Crippen molar-refractivity contribution in [1.82, 2.24) is 10.2 Å². The molecule has 120 valence electrons. The highest BCUT2D eigenvalue weighted by molar-refractivity contribution is 5.97. The SMILES string of the molecule is O=C(c1ccccc1OCc1cccc(F)c1)N1CCNCC1. The average Bonchev–Trinajstić information content (AvgIpc) is 2.60. The van der Waals surface area contributed by atoms with Gasteiger partial charge in [0, 0.05) is 26.2 Å². The van der Waals surface area contributed by atoms with Crippen LogP contribution in [0.2, 0.25) is 0 Å². The minimum Gasteiger partial charge on any atom is -0.488 e. The number of hydrogen-bond donors (Lipinski definition) is 1. The topological polar surface area (TPSA) is 41.6 Å². The van der Waals surface area contributed by atoms with Crippen molar-refractivity contribution in [3.63, 3.8) is 0 Å². The van der Waals surface area contributed by atoms with Crippen molar-refractivity contribution >= 4 is 5.91 Å². The fraction of sp³-hybridized carbons (Fsp3) is 0.278. The first-order valence-electron chi connectivity index (χ1n) is 7.70. The summed E-state index contributed by atoms with van der Waals surface area (Å²) in [6.45, 7) is 3.22. The van der Waals surface area contributed by atoms with Crippen LogP contribution >= 0.6 is 0 Å². The smallest absolute Gasteiger partial charge is 0.257 e. The number of carbonyl (C=O) groups is 1. The fourth-order valence-electron chi connectivity index (χ4n) is 2.60. The number of piperazine rings is 1. The number of para-hydroxylation sites is 1. The van der Waals surface area contributed by atoms with Crippen LogP contribution in [0.4, 0.5) is 4.39 Å². The molecule has 0 atom stereocenters. The van der Waals surface area contributed by atoms with Crippen molar-refractivity contribution in [2.24, 2.45) is 0 Å². The Hall–Kier alpha value is -2.40. The van der Waals surface area contributed by atoms with Gasteiger partial charge in [0.2, 0.25) is 0 Å². The summed E-state index contributed by atoms with van der Waals surface area (Å²) in [5.41, 5.74) is 1.28. The van der Waals surface area contributed by atoms with E-state index < -0.39 is 0 Å². The molecule has 23 heavy (non-hydrogen) atoms. The molecular weight excluding hydrogens is 295 g/mol. The van der Waals surface area contributed by atoms with E-state index in [1.165, 1.54) is 12.1 Å². The Kier molecular flexibility index (Phi) is 4.88. The number of nitrogens with zero attached hydrogens (tertiary/aromatic N) is 1. The molecule has 2 aromatic carbocycles. The second-order valence-electron chi connectivity index (χ2n) is 5.46. The molecule has 0 spiro atoms. The minimum atomic E-state index is -0.295. The van der Waals surface area contributed by atoms with Crippen molar-refractivity contribution < 1.29 is 13.9 Å².